The Balaban J connectivity index is 0.000000143. The fourth-order valence-corrected chi connectivity index (χ4v) is 3.14. The zero-order valence-corrected chi connectivity index (χ0v) is 14.7. The minimum absolute atomic E-state index is 0.603. The van der Waals surface area contributed by atoms with Gasteiger partial charge in [-0.1, -0.05) is 98.8 Å². The molecule has 0 unspecified atom stereocenters. The largest absolute Gasteiger partial charge is 0.0616 e. The summed E-state index contributed by atoms with van der Waals surface area (Å²) in [6.07, 6.45) is 0. The molecule has 0 aliphatic rings. The van der Waals surface area contributed by atoms with Gasteiger partial charge in [-0.25, -0.2) is 0 Å². The lowest BCUT2D eigenvalue weighted by Crippen LogP contribution is -1.88. The van der Waals surface area contributed by atoms with Crippen LogP contribution < -0.4 is 0 Å². The highest BCUT2D eigenvalue weighted by Gasteiger charge is 2.02. The molecule has 0 aliphatic heterocycles. The molecule has 4 rings (SSSR count). The van der Waals surface area contributed by atoms with Crippen molar-refractivity contribution >= 4 is 21.5 Å². The van der Waals surface area contributed by atoms with Crippen LogP contribution in [0, 0.1) is 6.92 Å². The Kier molecular flexibility index (Phi) is 4.96. The second-order valence-electron chi connectivity index (χ2n) is 6.52. The fraction of sp³-hybridized carbons (Fsp3) is 0.167. The fourth-order valence-electron chi connectivity index (χ4n) is 3.14. The molecule has 0 saturated carbocycles. The summed E-state index contributed by atoms with van der Waals surface area (Å²) < 4.78 is 0. The van der Waals surface area contributed by atoms with Crippen molar-refractivity contribution in [3.8, 4) is 0 Å². The Morgan fingerprint density at radius 1 is 0.542 bits per heavy atom. The minimum Gasteiger partial charge on any atom is -0.0616 e. The third-order valence-electron chi connectivity index (χ3n) is 4.45. The molecule has 0 spiro atoms. The summed E-state index contributed by atoms with van der Waals surface area (Å²) in [7, 11) is 0. The van der Waals surface area contributed by atoms with Crippen LogP contribution in [0.4, 0.5) is 0 Å². The third kappa shape index (κ3) is 3.49. The van der Waals surface area contributed by atoms with Gasteiger partial charge in [0.05, 0.1) is 0 Å². The molecular weight excluding hydrogens is 288 g/mol. The van der Waals surface area contributed by atoms with E-state index in [1.807, 2.05) is 0 Å². The molecule has 0 fully saturated rings. The number of benzene rings is 4. The Bertz CT molecular complexity index is 937. The topological polar surface area (TPSA) is 0 Å². The average Bonchev–Trinajstić information content (AvgIpc) is 2.62. The van der Waals surface area contributed by atoms with Crippen molar-refractivity contribution in [3.63, 3.8) is 0 Å². The zero-order valence-electron chi connectivity index (χ0n) is 14.7. The van der Waals surface area contributed by atoms with Crippen LogP contribution in [0.1, 0.15) is 30.9 Å². The molecule has 4 aromatic carbocycles. The summed E-state index contributed by atoms with van der Waals surface area (Å²) in [6, 6.07) is 29.9. The maximum atomic E-state index is 2.24. The van der Waals surface area contributed by atoms with Crippen LogP contribution in [0.5, 0.6) is 0 Å². The van der Waals surface area contributed by atoms with Crippen LogP contribution in [0.25, 0.3) is 21.5 Å². The van der Waals surface area contributed by atoms with Gasteiger partial charge in [0.1, 0.15) is 0 Å². The van der Waals surface area contributed by atoms with E-state index in [0.29, 0.717) is 5.92 Å². The molecule has 0 amide bonds. The van der Waals surface area contributed by atoms with E-state index >= 15 is 0 Å². The van der Waals surface area contributed by atoms with E-state index in [1.54, 1.807) is 0 Å². The number of rotatable bonds is 1. The van der Waals surface area contributed by atoms with E-state index in [1.165, 1.54) is 32.7 Å². The van der Waals surface area contributed by atoms with Crippen LogP contribution >= 0.6 is 0 Å². The van der Waals surface area contributed by atoms with E-state index in [9.17, 15) is 0 Å². The number of hydrogen-bond acceptors (Lipinski definition) is 0. The van der Waals surface area contributed by atoms with Gasteiger partial charge in [-0.15, -0.1) is 0 Å². The molecule has 0 atom stereocenters. The van der Waals surface area contributed by atoms with Crippen molar-refractivity contribution in [1.82, 2.24) is 0 Å². The lowest BCUT2D eigenvalue weighted by Gasteiger charge is -2.08. The molecule has 0 saturated heterocycles. The van der Waals surface area contributed by atoms with Crippen molar-refractivity contribution in [2.45, 2.75) is 26.7 Å². The Morgan fingerprint density at radius 2 is 1.04 bits per heavy atom. The molecule has 0 heterocycles. The molecule has 0 aromatic heterocycles. The normalized spacial score (nSPS) is 10.7. The summed E-state index contributed by atoms with van der Waals surface area (Å²) in [5.41, 5.74) is 2.79. The van der Waals surface area contributed by atoms with E-state index in [0.717, 1.165) is 0 Å². The minimum atomic E-state index is 0.603. The lowest BCUT2D eigenvalue weighted by molar-refractivity contribution is 0.876. The molecule has 0 aliphatic carbocycles. The smallest absolute Gasteiger partial charge is 0.0149 e. The maximum absolute atomic E-state index is 2.24. The molecule has 0 heteroatoms. The van der Waals surface area contributed by atoms with Gasteiger partial charge >= 0.3 is 0 Å². The van der Waals surface area contributed by atoms with Crippen LogP contribution in [-0.4, -0.2) is 0 Å². The van der Waals surface area contributed by atoms with Crippen molar-refractivity contribution < 1.29 is 0 Å². The van der Waals surface area contributed by atoms with Crippen LogP contribution in [0.3, 0.4) is 0 Å². The first kappa shape index (κ1) is 16.3. The second kappa shape index (κ2) is 7.31. The first-order valence-electron chi connectivity index (χ1n) is 8.59. The van der Waals surface area contributed by atoms with Crippen LogP contribution in [0.2, 0.25) is 0 Å². The van der Waals surface area contributed by atoms with Crippen molar-refractivity contribution in [1.29, 1.82) is 0 Å². The third-order valence-corrected chi connectivity index (χ3v) is 4.45. The average molecular weight is 312 g/mol. The molecule has 0 bridgehead atoms. The van der Waals surface area contributed by atoms with E-state index in [-0.39, 0.29) is 0 Å². The highest BCUT2D eigenvalue weighted by Crippen LogP contribution is 2.24. The maximum Gasteiger partial charge on any atom is -0.0149 e. The highest BCUT2D eigenvalue weighted by atomic mass is 14.1. The Morgan fingerprint density at radius 3 is 1.67 bits per heavy atom. The monoisotopic (exact) mass is 312 g/mol. The Labute approximate surface area is 144 Å². The quantitative estimate of drug-likeness (QED) is 0.351. The number of aryl methyl sites for hydroxylation is 1. The first-order chi connectivity index (χ1) is 11.7. The van der Waals surface area contributed by atoms with Gasteiger partial charge in [-0.3, -0.25) is 0 Å². The number of fused-ring (bicyclic) bond motifs is 2. The first-order valence-corrected chi connectivity index (χ1v) is 8.59. The number of hydrogen-bond donors (Lipinski definition) is 0. The second-order valence-corrected chi connectivity index (χ2v) is 6.52. The van der Waals surface area contributed by atoms with Gasteiger partial charge in [0.25, 0.3) is 0 Å². The SMILES string of the molecule is CC(C)c1cccc2ccccc12.Cc1cccc2ccccc12. The van der Waals surface area contributed by atoms with Crippen molar-refractivity contribution in [2.24, 2.45) is 0 Å². The summed E-state index contributed by atoms with van der Waals surface area (Å²) >= 11 is 0. The summed E-state index contributed by atoms with van der Waals surface area (Å²) in [6.45, 7) is 6.62. The van der Waals surface area contributed by atoms with E-state index in [2.05, 4.69) is 106 Å². The molecular formula is C24H24. The van der Waals surface area contributed by atoms with Crippen molar-refractivity contribution in [2.75, 3.05) is 0 Å². The van der Waals surface area contributed by atoms with Gasteiger partial charge in [0, 0.05) is 0 Å². The summed E-state index contributed by atoms with van der Waals surface area (Å²) in [5.74, 6) is 0.603. The molecule has 0 nitrogen and oxygen atoms in total. The van der Waals surface area contributed by atoms with Crippen LogP contribution in [0.15, 0.2) is 84.9 Å². The molecule has 24 heavy (non-hydrogen) atoms. The Hall–Kier alpha value is -2.60. The van der Waals surface area contributed by atoms with Gasteiger partial charge < -0.3 is 0 Å². The summed E-state index contributed by atoms with van der Waals surface area (Å²) in [4.78, 5) is 0. The predicted octanol–water partition coefficient (Wildman–Crippen LogP) is 7.11. The van der Waals surface area contributed by atoms with Gasteiger partial charge in [0.2, 0.25) is 0 Å². The molecule has 4 aromatic rings. The standard InChI is InChI=1S/C13H14.C11H10/c1-10(2)12-9-5-7-11-6-3-4-8-13(11)12;1-9-5-4-7-10-6-2-3-8-11(9)10/h3-10H,1-2H3;2-8H,1H3. The molecule has 120 valence electrons. The highest BCUT2D eigenvalue weighted by molar-refractivity contribution is 5.86. The lowest BCUT2D eigenvalue weighted by atomic mass is 9.96. The van der Waals surface area contributed by atoms with Gasteiger partial charge in [-0.2, -0.15) is 0 Å². The van der Waals surface area contributed by atoms with Gasteiger partial charge in [0.15, 0.2) is 0 Å². The zero-order chi connectivity index (χ0) is 16.9. The summed E-state index contributed by atoms with van der Waals surface area (Å²) in [5, 5.41) is 5.41. The molecule has 0 radical (unpaired) electrons. The van der Waals surface area contributed by atoms with E-state index in [4.69, 9.17) is 0 Å². The molecule has 0 N–H and O–H groups in total. The van der Waals surface area contributed by atoms with Gasteiger partial charge in [-0.05, 0) is 45.5 Å². The van der Waals surface area contributed by atoms with E-state index < -0.39 is 0 Å². The van der Waals surface area contributed by atoms with Crippen molar-refractivity contribution in [3.05, 3.63) is 96.1 Å². The predicted molar refractivity (Wildman–Crippen MR) is 107 cm³/mol. The van der Waals surface area contributed by atoms with Crippen LogP contribution in [-0.2, 0) is 0 Å².